The zero-order valence-corrected chi connectivity index (χ0v) is 12.7. The molecule has 2 N–H and O–H groups in total. The van der Waals surface area contributed by atoms with Crippen LogP contribution in [-0.4, -0.2) is 34.1 Å². The molecule has 3 rings (SSSR count). The normalized spacial score (nSPS) is 27.4. The van der Waals surface area contributed by atoms with E-state index in [1.54, 1.807) is 0 Å². The number of aromatic nitrogens is 2. The molecule has 0 radical (unpaired) electrons. The van der Waals surface area contributed by atoms with Crippen molar-refractivity contribution >= 4 is 11.6 Å². The quantitative estimate of drug-likeness (QED) is 0.884. The molecule has 1 saturated carbocycles. The monoisotopic (exact) mass is 275 g/mol. The molecular weight excluding hydrogens is 250 g/mol. The van der Waals surface area contributed by atoms with E-state index in [0.29, 0.717) is 18.0 Å². The molecule has 1 aliphatic heterocycles. The molecule has 2 atom stereocenters. The fraction of sp³-hybridized carbons (Fsp3) is 0.733. The van der Waals surface area contributed by atoms with Crippen molar-refractivity contribution in [1.29, 1.82) is 0 Å². The molecule has 5 heteroatoms. The van der Waals surface area contributed by atoms with Crippen LogP contribution >= 0.6 is 0 Å². The van der Waals surface area contributed by atoms with Gasteiger partial charge in [0, 0.05) is 31.1 Å². The first kappa shape index (κ1) is 13.6. The summed E-state index contributed by atoms with van der Waals surface area (Å²) >= 11 is 0. The Bertz CT molecular complexity index is 461. The molecule has 1 aromatic rings. The van der Waals surface area contributed by atoms with E-state index in [1.807, 2.05) is 13.1 Å². The van der Waals surface area contributed by atoms with Crippen LogP contribution < -0.4 is 10.7 Å². The van der Waals surface area contributed by atoms with Crippen LogP contribution in [0.15, 0.2) is 6.07 Å². The summed E-state index contributed by atoms with van der Waals surface area (Å²) < 4.78 is 0. The maximum absolute atomic E-state index is 4.70. The van der Waals surface area contributed by atoms with E-state index in [-0.39, 0.29) is 0 Å². The molecule has 2 aliphatic rings. The zero-order valence-electron chi connectivity index (χ0n) is 12.7. The van der Waals surface area contributed by atoms with Gasteiger partial charge in [-0.2, -0.15) is 0 Å². The summed E-state index contributed by atoms with van der Waals surface area (Å²) in [7, 11) is 1.91. The van der Waals surface area contributed by atoms with E-state index in [2.05, 4.69) is 34.6 Å². The molecule has 5 nitrogen and oxygen atoms in total. The van der Waals surface area contributed by atoms with Crippen molar-refractivity contribution in [2.75, 3.05) is 17.8 Å². The van der Waals surface area contributed by atoms with Crippen LogP contribution in [0.2, 0.25) is 0 Å². The van der Waals surface area contributed by atoms with Gasteiger partial charge in [-0.05, 0) is 39.5 Å². The van der Waals surface area contributed by atoms with E-state index in [0.717, 1.165) is 17.5 Å². The van der Waals surface area contributed by atoms with Crippen LogP contribution in [0.1, 0.15) is 57.7 Å². The van der Waals surface area contributed by atoms with E-state index >= 15 is 0 Å². The van der Waals surface area contributed by atoms with E-state index in [4.69, 9.17) is 4.98 Å². The molecule has 0 amide bonds. The number of anilines is 2. The molecule has 0 spiro atoms. The lowest BCUT2D eigenvalue weighted by Crippen LogP contribution is -2.47. The third kappa shape index (κ3) is 2.87. The summed E-state index contributed by atoms with van der Waals surface area (Å²) in [5.74, 6) is 3.38. The van der Waals surface area contributed by atoms with Gasteiger partial charge >= 0.3 is 0 Å². The van der Waals surface area contributed by atoms with Gasteiger partial charge in [0.15, 0.2) is 0 Å². The second-order valence-electron chi connectivity index (χ2n) is 6.17. The van der Waals surface area contributed by atoms with Crippen LogP contribution in [0.3, 0.4) is 0 Å². The van der Waals surface area contributed by atoms with Gasteiger partial charge in [-0.15, -0.1) is 0 Å². The van der Waals surface area contributed by atoms with Gasteiger partial charge in [0.25, 0.3) is 0 Å². The van der Waals surface area contributed by atoms with Gasteiger partial charge in [0.2, 0.25) is 0 Å². The molecule has 0 bridgehead atoms. The number of nitrogens with zero attached hydrogens (tertiary/aromatic N) is 3. The van der Waals surface area contributed by atoms with Crippen molar-refractivity contribution in [2.24, 2.45) is 0 Å². The minimum absolute atomic E-state index is 0.552. The second-order valence-corrected chi connectivity index (χ2v) is 6.17. The fourth-order valence-electron chi connectivity index (χ4n) is 2.95. The Morgan fingerprint density at radius 1 is 1.05 bits per heavy atom. The molecular formula is C15H25N5. The lowest BCUT2D eigenvalue weighted by molar-refractivity contribution is 0.135. The maximum Gasteiger partial charge on any atom is 0.146 e. The highest BCUT2D eigenvalue weighted by Gasteiger charge is 2.29. The average Bonchev–Trinajstić information content (AvgIpc) is 3.27. The zero-order chi connectivity index (χ0) is 14.1. The molecule has 20 heavy (non-hydrogen) atoms. The van der Waals surface area contributed by atoms with E-state index < -0.39 is 0 Å². The minimum atomic E-state index is 0.552. The third-order valence-corrected chi connectivity index (χ3v) is 4.38. The number of hydrogen-bond donors (Lipinski definition) is 2. The molecule has 1 aromatic heterocycles. The molecule has 0 aromatic carbocycles. The smallest absolute Gasteiger partial charge is 0.146 e. The molecule has 2 fully saturated rings. The topological polar surface area (TPSA) is 53.1 Å². The molecule has 2 heterocycles. The maximum atomic E-state index is 4.70. The van der Waals surface area contributed by atoms with Gasteiger partial charge in [0.05, 0.1) is 0 Å². The Hall–Kier alpha value is -1.36. The van der Waals surface area contributed by atoms with Crippen LogP contribution in [0.5, 0.6) is 0 Å². The predicted molar refractivity (Wildman–Crippen MR) is 81.8 cm³/mol. The second kappa shape index (κ2) is 5.56. The van der Waals surface area contributed by atoms with E-state index in [9.17, 15) is 0 Å². The summed E-state index contributed by atoms with van der Waals surface area (Å²) in [5.41, 5.74) is 3.52. The number of nitrogens with one attached hydrogen (secondary N) is 2. The first-order chi connectivity index (χ1) is 9.67. The Morgan fingerprint density at radius 3 is 2.30 bits per heavy atom. The highest BCUT2D eigenvalue weighted by Crippen LogP contribution is 2.39. The SMILES string of the molecule is CNc1cc(NN2C(C)CCCC2C)nc(C2CC2)n1. The van der Waals surface area contributed by atoms with Crippen molar-refractivity contribution in [1.82, 2.24) is 15.0 Å². The van der Waals surface area contributed by atoms with Crippen LogP contribution in [0, 0.1) is 0 Å². The van der Waals surface area contributed by atoms with Crippen molar-refractivity contribution in [3.63, 3.8) is 0 Å². The van der Waals surface area contributed by atoms with Crippen LogP contribution in [0.25, 0.3) is 0 Å². The van der Waals surface area contributed by atoms with Gasteiger partial charge in [0.1, 0.15) is 17.5 Å². The minimum Gasteiger partial charge on any atom is -0.373 e. The first-order valence-corrected chi connectivity index (χ1v) is 7.79. The highest BCUT2D eigenvalue weighted by molar-refractivity contribution is 5.47. The fourth-order valence-corrected chi connectivity index (χ4v) is 2.95. The van der Waals surface area contributed by atoms with E-state index in [1.165, 1.54) is 32.1 Å². The van der Waals surface area contributed by atoms with Crippen molar-refractivity contribution in [3.8, 4) is 0 Å². The Balaban J connectivity index is 1.80. The molecule has 2 unspecified atom stereocenters. The van der Waals surface area contributed by atoms with Crippen molar-refractivity contribution in [3.05, 3.63) is 11.9 Å². The summed E-state index contributed by atoms with van der Waals surface area (Å²) in [5, 5.41) is 5.49. The summed E-state index contributed by atoms with van der Waals surface area (Å²) in [4.78, 5) is 9.27. The molecule has 110 valence electrons. The largest absolute Gasteiger partial charge is 0.373 e. The lowest BCUT2D eigenvalue weighted by Gasteiger charge is -2.39. The van der Waals surface area contributed by atoms with Gasteiger partial charge < -0.3 is 10.7 Å². The van der Waals surface area contributed by atoms with Crippen molar-refractivity contribution < 1.29 is 0 Å². The third-order valence-electron chi connectivity index (χ3n) is 4.38. The van der Waals surface area contributed by atoms with Gasteiger partial charge in [-0.1, -0.05) is 6.42 Å². The number of hydrogen-bond acceptors (Lipinski definition) is 5. The highest BCUT2D eigenvalue weighted by atomic mass is 15.5. The van der Waals surface area contributed by atoms with Crippen molar-refractivity contribution in [2.45, 2.75) is 64.0 Å². The number of rotatable bonds is 4. The van der Waals surface area contributed by atoms with Gasteiger partial charge in [-0.3, -0.25) is 0 Å². The predicted octanol–water partition coefficient (Wildman–Crippen LogP) is 2.99. The van der Waals surface area contributed by atoms with Crippen LogP contribution in [-0.2, 0) is 0 Å². The van der Waals surface area contributed by atoms with Crippen LogP contribution in [0.4, 0.5) is 11.6 Å². The van der Waals surface area contributed by atoms with Gasteiger partial charge in [-0.25, -0.2) is 15.0 Å². The lowest BCUT2D eigenvalue weighted by atomic mass is 10.00. The summed E-state index contributed by atoms with van der Waals surface area (Å²) in [6, 6.07) is 3.10. The first-order valence-electron chi connectivity index (χ1n) is 7.79. The summed E-state index contributed by atoms with van der Waals surface area (Å²) in [6.45, 7) is 4.56. The summed E-state index contributed by atoms with van der Waals surface area (Å²) in [6.07, 6.45) is 6.26. The number of piperidine rings is 1. The Kier molecular flexibility index (Phi) is 3.78. The molecule has 1 saturated heterocycles. The average molecular weight is 275 g/mol. The standard InChI is InChI=1S/C15H25N5/c1-10-5-4-6-11(2)20(10)19-14-9-13(16-3)17-15(18-14)12-7-8-12/h9-12H,4-8H2,1-3H3,(H2,16,17,18,19). The number of hydrazine groups is 1. The Morgan fingerprint density at radius 2 is 1.70 bits per heavy atom. The molecule has 1 aliphatic carbocycles. The Labute approximate surface area is 121 Å².